The molecule has 0 unspecified atom stereocenters. The van der Waals surface area contributed by atoms with Crippen LogP contribution in [0, 0.1) is 0 Å². The lowest BCUT2D eigenvalue weighted by Gasteiger charge is -2.24. The molecule has 0 saturated carbocycles. The Hall–Kier alpha value is -1.75. The summed E-state index contributed by atoms with van der Waals surface area (Å²) in [6, 6.07) is 6.64. The molecule has 1 saturated heterocycles. The quantitative estimate of drug-likeness (QED) is 0.329. The molecule has 0 atom stereocenters. The van der Waals surface area contributed by atoms with Crippen LogP contribution in [-0.4, -0.2) is 65.3 Å². The summed E-state index contributed by atoms with van der Waals surface area (Å²) in [5.74, 6) is 0.649. The van der Waals surface area contributed by atoms with Crippen LogP contribution >= 0.6 is 12.2 Å². The molecule has 1 aromatic carbocycles. The Labute approximate surface area is 165 Å². The molecule has 10 heteroatoms. The van der Waals surface area contributed by atoms with Crippen LogP contribution in [0.15, 0.2) is 29.2 Å². The Morgan fingerprint density at radius 1 is 1.30 bits per heavy atom. The van der Waals surface area contributed by atoms with Crippen LogP contribution in [-0.2, 0) is 14.8 Å². The molecule has 148 valence electrons. The minimum atomic E-state index is -3.60. The summed E-state index contributed by atoms with van der Waals surface area (Å²) < 4.78 is 33.0. The van der Waals surface area contributed by atoms with E-state index in [1.807, 2.05) is 0 Å². The van der Waals surface area contributed by atoms with E-state index in [0.29, 0.717) is 16.6 Å². The molecule has 0 spiro atoms. The highest BCUT2D eigenvalue weighted by molar-refractivity contribution is 7.90. The monoisotopic (exact) mass is 413 g/mol. The van der Waals surface area contributed by atoms with E-state index in [2.05, 4.69) is 20.3 Å². The summed E-state index contributed by atoms with van der Waals surface area (Å²) in [7, 11) is -3.60. The third kappa shape index (κ3) is 6.13. The molecular weight excluding hydrogens is 386 g/mol. The van der Waals surface area contributed by atoms with E-state index in [9.17, 15) is 8.42 Å². The van der Waals surface area contributed by atoms with Crippen molar-refractivity contribution in [2.45, 2.75) is 17.7 Å². The molecule has 3 rings (SSSR count). The summed E-state index contributed by atoms with van der Waals surface area (Å²) in [5, 5.41) is 6.72. The average Bonchev–Trinajstić information content (AvgIpc) is 3.15. The van der Waals surface area contributed by atoms with Crippen LogP contribution in [0.5, 0.6) is 0 Å². The third-order valence-electron chi connectivity index (χ3n) is 4.57. The zero-order valence-electron chi connectivity index (χ0n) is 15.2. The maximum Gasteiger partial charge on any atom is 0.328 e. The van der Waals surface area contributed by atoms with E-state index in [1.165, 1.54) is 4.90 Å². The highest BCUT2D eigenvalue weighted by Gasteiger charge is 2.24. The molecule has 1 aromatic rings. The average molecular weight is 414 g/mol. The highest BCUT2D eigenvalue weighted by Crippen LogP contribution is 2.15. The molecule has 0 radical (unpaired) electrons. The minimum absolute atomic E-state index is 0.203. The number of nitrogens with one attached hydrogen (secondary N) is 5. The van der Waals surface area contributed by atoms with E-state index in [0.717, 1.165) is 58.8 Å². The standard InChI is InChI=1S/C17H25N5O3S2/c23-27(24,21-16-5-2-6-18-16)15-4-1-3-14(13-15)20-17(26)19-7-8-22-9-11-25-12-10-22/h1,3-4,13H,2,5-12H2,(H,18,21)(H2,19,20,26)/p+2. The number of sulfonamides is 1. The van der Waals surface area contributed by atoms with E-state index in [1.54, 1.807) is 24.3 Å². The molecule has 0 aliphatic carbocycles. The number of morpholine rings is 1. The summed E-state index contributed by atoms with van der Waals surface area (Å²) in [6.45, 7) is 6.17. The smallest absolute Gasteiger partial charge is 0.328 e. The van der Waals surface area contributed by atoms with Crippen molar-refractivity contribution >= 4 is 38.9 Å². The lowest BCUT2D eigenvalue weighted by atomic mass is 10.3. The van der Waals surface area contributed by atoms with Crippen molar-refractivity contribution in [3.63, 3.8) is 0 Å². The lowest BCUT2D eigenvalue weighted by Crippen LogP contribution is -3.14. The Morgan fingerprint density at radius 3 is 2.85 bits per heavy atom. The number of amidine groups is 1. The second kappa shape index (κ2) is 9.45. The first-order chi connectivity index (χ1) is 13.0. The molecule has 5 N–H and O–H groups in total. The number of hydrogen-bond donors (Lipinski definition) is 5. The van der Waals surface area contributed by atoms with Gasteiger partial charge in [-0.2, -0.15) is 13.1 Å². The number of anilines is 1. The van der Waals surface area contributed by atoms with Gasteiger partial charge in [-0.1, -0.05) is 6.07 Å². The summed E-state index contributed by atoms with van der Waals surface area (Å²) in [5.41, 5.74) is 0.637. The van der Waals surface area contributed by atoms with Crippen molar-refractivity contribution in [1.82, 2.24) is 10.0 Å². The van der Waals surface area contributed by atoms with Gasteiger partial charge in [0.25, 0.3) is 5.84 Å². The second-order valence-corrected chi connectivity index (χ2v) is 8.73. The van der Waals surface area contributed by atoms with E-state index in [4.69, 9.17) is 17.0 Å². The topological polar surface area (TPSA) is 97.9 Å². The van der Waals surface area contributed by atoms with Crippen LogP contribution < -0.4 is 25.2 Å². The molecule has 2 aliphatic rings. The van der Waals surface area contributed by atoms with Crippen molar-refractivity contribution in [1.29, 1.82) is 0 Å². The first-order valence-electron chi connectivity index (χ1n) is 9.22. The fourth-order valence-electron chi connectivity index (χ4n) is 3.08. The Kier molecular flexibility index (Phi) is 7.00. The van der Waals surface area contributed by atoms with Gasteiger partial charge in [0.2, 0.25) is 0 Å². The van der Waals surface area contributed by atoms with Gasteiger partial charge in [-0.15, -0.1) is 0 Å². The summed E-state index contributed by atoms with van der Waals surface area (Å²) in [6.07, 6.45) is 1.65. The number of rotatable bonds is 6. The number of quaternary nitrogens is 1. The van der Waals surface area contributed by atoms with Crippen molar-refractivity contribution in [3.05, 3.63) is 24.3 Å². The maximum absolute atomic E-state index is 12.5. The van der Waals surface area contributed by atoms with Gasteiger partial charge in [0.15, 0.2) is 5.11 Å². The molecule has 1 fully saturated rings. The minimum Gasteiger partial charge on any atom is -0.370 e. The fourth-order valence-corrected chi connectivity index (χ4v) is 4.46. The second-order valence-electron chi connectivity index (χ2n) is 6.64. The Bertz CT molecular complexity index is 792. The maximum atomic E-state index is 12.5. The fraction of sp³-hybridized carbons (Fsp3) is 0.529. The van der Waals surface area contributed by atoms with Crippen LogP contribution in [0.4, 0.5) is 5.69 Å². The van der Waals surface area contributed by atoms with Gasteiger partial charge in [0.05, 0.1) is 39.3 Å². The van der Waals surface area contributed by atoms with Crippen LogP contribution in [0.1, 0.15) is 12.8 Å². The lowest BCUT2D eigenvalue weighted by molar-refractivity contribution is -0.906. The van der Waals surface area contributed by atoms with E-state index < -0.39 is 10.0 Å². The predicted octanol–water partition coefficient (Wildman–Crippen LogP) is -2.56. The van der Waals surface area contributed by atoms with Gasteiger partial charge in [-0.25, -0.2) is 0 Å². The van der Waals surface area contributed by atoms with E-state index in [-0.39, 0.29) is 4.90 Å². The number of ether oxygens (including phenoxy) is 1. The van der Waals surface area contributed by atoms with Gasteiger partial charge >= 0.3 is 10.0 Å². The van der Waals surface area contributed by atoms with Crippen molar-refractivity contribution < 1.29 is 23.0 Å². The molecule has 0 aromatic heterocycles. The normalized spacial score (nSPS) is 18.0. The number of benzene rings is 1. The van der Waals surface area contributed by atoms with Gasteiger partial charge in [-0.05, 0) is 36.8 Å². The Balaban J connectivity index is 1.51. The van der Waals surface area contributed by atoms with Crippen molar-refractivity contribution in [2.24, 2.45) is 0 Å². The zero-order chi connectivity index (χ0) is 19.1. The molecule has 8 nitrogen and oxygen atoms in total. The summed E-state index contributed by atoms with van der Waals surface area (Å²) in [4.78, 5) is 4.75. The highest BCUT2D eigenvalue weighted by atomic mass is 32.2. The van der Waals surface area contributed by atoms with Gasteiger partial charge < -0.3 is 20.3 Å². The molecule has 2 heterocycles. The molecule has 27 heavy (non-hydrogen) atoms. The molecule has 2 aliphatic heterocycles. The third-order valence-corrected chi connectivity index (χ3v) is 6.20. The summed E-state index contributed by atoms with van der Waals surface area (Å²) >= 11 is 5.32. The SMILES string of the molecule is O=S(=O)(NC1=[NH+]CCC1)c1cccc(NC(=S)NCC[NH+]2CCOCC2)c1. The van der Waals surface area contributed by atoms with Gasteiger partial charge in [-0.3, -0.25) is 4.99 Å². The Morgan fingerprint density at radius 2 is 2.11 bits per heavy atom. The van der Waals surface area contributed by atoms with Crippen molar-refractivity contribution in [3.8, 4) is 0 Å². The van der Waals surface area contributed by atoms with Crippen LogP contribution in [0.2, 0.25) is 0 Å². The van der Waals surface area contributed by atoms with Crippen LogP contribution in [0.3, 0.4) is 0 Å². The van der Waals surface area contributed by atoms with Crippen molar-refractivity contribution in [2.75, 3.05) is 51.3 Å². The number of thiocarbonyl (C=S) groups is 1. The van der Waals surface area contributed by atoms with E-state index >= 15 is 0 Å². The van der Waals surface area contributed by atoms with Gasteiger partial charge in [0, 0.05) is 5.69 Å². The zero-order valence-corrected chi connectivity index (χ0v) is 16.8. The first kappa shape index (κ1) is 20.0. The van der Waals surface area contributed by atoms with Crippen LogP contribution in [0.25, 0.3) is 0 Å². The largest absolute Gasteiger partial charge is 0.370 e. The molecule has 0 amide bonds. The molecule has 0 bridgehead atoms. The predicted molar refractivity (Wildman–Crippen MR) is 107 cm³/mol. The number of hydrogen-bond acceptors (Lipinski definition) is 4. The first-order valence-corrected chi connectivity index (χ1v) is 11.1. The molecular formula is C17H27N5O3S2+2. The van der Waals surface area contributed by atoms with Gasteiger partial charge in [0.1, 0.15) is 18.0 Å².